The molecule has 11 heteroatoms. The standard InChI is InChI=1S/C24H29ClO10/c1-10-8-13(28)18-22(4)7-6-14(29)23(5,34-12(3)27)17(22)20(32-15(30)9-26)24(35-18)11(2)21(31)33-19(24)16(10)25/h6-7,11,13,16-20,26,28H,1,8-9H2,2-5H3/t11-,13+,16-,17+,18+,19-,20-,22-,23+,24-/m0/s1. The van der Waals surface area contributed by atoms with E-state index in [9.17, 15) is 29.4 Å². The number of carbonyl (C=O) groups excluding carboxylic acids is 4. The summed E-state index contributed by atoms with van der Waals surface area (Å²) in [6.07, 6.45) is -2.13. The van der Waals surface area contributed by atoms with Crippen molar-refractivity contribution in [2.75, 3.05) is 6.61 Å². The number of rotatable bonds is 3. The maximum Gasteiger partial charge on any atom is 0.332 e. The SMILES string of the molecule is C=C1C[C@@H](O)[C@H]2O[C@]3([C@@H](C)C(=O)O[C@H]3[C@H]1Cl)[C@@H](OC(=O)CO)[C@@H]1[C@]2(C)C=CC(=O)[C@@]1(C)OC(C)=O. The summed E-state index contributed by atoms with van der Waals surface area (Å²) in [4.78, 5) is 50.9. The molecule has 0 aromatic heterocycles. The van der Waals surface area contributed by atoms with E-state index in [-0.39, 0.29) is 6.42 Å². The third-order valence-corrected chi connectivity index (χ3v) is 8.51. The first-order valence-corrected chi connectivity index (χ1v) is 11.8. The number of esters is 3. The van der Waals surface area contributed by atoms with Gasteiger partial charge in [0.05, 0.1) is 29.4 Å². The van der Waals surface area contributed by atoms with Gasteiger partial charge in [0.1, 0.15) is 12.7 Å². The topological polar surface area (TPSA) is 146 Å². The van der Waals surface area contributed by atoms with E-state index in [1.54, 1.807) is 6.92 Å². The fraction of sp³-hybridized carbons (Fsp3) is 0.667. The molecule has 0 radical (unpaired) electrons. The quantitative estimate of drug-likeness (QED) is 0.238. The Hall–Kier alpha value is -2.27. The van der Waals surface area contributed by atoms with Gasteiger partial charge in [0.25, 0.3) is 0 Å². The predicted octanol–water partition coefficient (Wildman–Crippen LogP) is 0.601. The summed E-state index contributed by atoms with van der Waals surface area (Å²) in [6, 6.07) is 0. The van der Waals surface area contributed by atoms with E-state index < -0.39 is 88.5 Å². The second kappa shape index (κ2) is 8.40. The van der Waals surface area contributed by atoms with Crippen LogP contribution in [0.5, 0.6) is 0 Å². The van der Waals surface area contributed by atoms with Gasteiger partial charge in [-0.2, -0.15) is 0 Å². The van der Waals surface area contributed by atoms with E-state index >= 15 is 0 Å². The number of hydrogen-bond acceptors (Lipinski definition) is 10. The predicted molar refractivity (Wildman–Crippen MR) is 119 cm³/mol. The van der Waals surface area contributed by atoms with E-state index in [1.807, 2.05) is 0 Å². The molecule has 3 aliphatic heterocycles. The number of aliphatic hydroxyl groups excluding tert-OH is 2. The van der Waals surface area contributed by atoms with Crippen LogP contribution in [0.4, 0.5) is 0 Å². The number of ether oxygens (including phenoxy) is 4. The van der Waals surface area contributed by atoms with Crippen molar-refractivity contribution in [3.8, 4) is 0 Å². The molecule has 2 N–H and O–H groups in total. The molecule has 10 nitrogen and oxygen atoms in total. The number of fused-ring (bicyclic) bond motifs is 3. The lowest BCUT2D eigenvalue weighted by molar-refractivity contribution is -0.319. The molecule has 3 heterocycles. The molecule has 0 amide bonds. The number of halogens is 1. The van der Waals surface area contributed by atoms with Gasteiger partial charge in [0.2, 0.25) is 0 Å². The monoisotopic (exact) mass is 512 g/mol. The van der Waals surface area contributed by atoms with Crippen LogP contribution in [-0.4, -0.2) is 81.5 Å². The molecular formula is C24H29ClO10. The molecule has 0 unspecified atom stereocenters. The van der Waals surface area contributed by atoms with Crippen LogP contribution < -0.4 is 0 Å². The van der Waals surface area contributed by atoms with Gasteiger partial charge >= 0.3 is 17.9 Å². The maximum atomic E-state index is 13.3. The Bertz CT molecular complexity index is 1020. The van der Waals surface area contributed by atoms with Crippen molar-refractivity contribution in [3.05, 3.63) is 24.3 Å². The van der Waals surface area contributed by atoms with Gasteiger partial charge in [-0.3, -0.25) is 14.4 Å². The Morgan fingerprint density at radius 3 is 2.54 bits per heavy atom. The largest absolute Gasteiger partial charge is 0.457 e. The molecule has 3 fully saturated rings. The molecule has 0 aromatic carbocycles. The highest BCUT2D eigenvalue weighted by Gasteiger charge is 2.77. The Morgan fingerprint density at radius 2 is 1.94 bits per heavy atom. The van der Waals surface area contributed by atoms with Crippen molar-refractivity contribution < 1.29 is 48.3 Å². The van der Waals surface area contributed by atoms with Crippen molar-refractivity contribution in [2.24, 2.45) is 17.3 Å². The van der Waals surface area contributed by atoms with Crippen LogP contribution in [0.1, 0.15) is 34.1 Å². The molecule has 3 saturated heterocycles. The maximum absolute atomic E-state index is 13.3. The van der Waals surface area contributed by atoms with Gasteiger partial charge < -0.3 is 29.2 Å². The molecule has 4 rings (SSSR count). The number of aliphatic hydroxyl groups is 2. The fourth-order valence-electron chi connectivity index (χ4n) is 6.39. The van der Waals surface area contributed by atoms with Crippen LogP contribution in [0.15, 0.2) is 24.3 Å². The number of carbonyl (C=O) groups is 4. The summed E-state index contributed by atoms with van der Waals surface area (Å²) >= 11 is 6.69. The molecule has 0 aromatic rings. The minimum atomic E-state index is -1.88. The molecule has 2 bridgehead atoms. The van der Waals surface area contributed by atoms with Crippen molar-refractivity contribution in [2.45, 2.75) is 75.1 Å². The summed E-state index contributed by atoms with van der Waals surface area (Å²) < 4.78 is 23.5. The molecule has 0 saturated carbocycles. The first kappa shape index (κ1) is 25.8. The second-order valence-electron chi connectivity index (χ2n) is 10.1. The zero-order valence-electron chi connectivity index (χ0n) is 19.9. The summed E-state index contributed by atoms with van der Waals surface area (Å²) in [5, 5.41) is 19.8. The summed E-state index contributed by atoms with van der Waals surface area (Å²) in [5.41, 5.74) is -4.52. The van der Waals surface area contributed by atoms with Gasteiger partial charge in [-0.05, 0) is 26.3 Å². The Morgan fingerprint density at radius 1 is 1.29 bits per heavy atom. The van der Waals surface area contributed by atoms with E-state index in [2.05, 4.69) is 6.58 Å². The minimum Gasteiger partial charge on any atom is -0.457 e. The normalized spacial score (nSPS) is 46.6. The highest BCUT2D eigenvalue weighted by molar-refractivity contribution is 6.23. The van der Waals surface area contributed by atoms with Crippen molar-refractivity contribution >= 4 is 35.3 Å². The van der Waals surface area contributed by atoms with Crippen LogP contribution in [0.3, 0.4) is 0 Å². The van der Waals surface area contributed by atoms with Gasteiger partial charge in [-0.15, -0.1) is 11.6 Å². The van der Waals surface area contributed by atoms with Crippen molar-refractivity contribution in [1.82, 2.24) is 0 Å². The third-order valence-electron chi connectivity index (χ3n) is 7.98. The van der Waals surface area contributed by atoms with E-state index in [4.69, 9.17) is 30.5 Å². The highest BCUT2D eigenvalue weighted by Crippen LogP contribution is 2.61. The molecule has 35 heavy (non-hydrogen) atoms. The third kappa shape index (κ3) is 3.48. The van der Waals surface area contributed by atoms with Crippen molar-refractivity contribution in [3.63, 3.8) is 0 Å². The molecule has 4 aliphatic rings. The van der Waals surface area contributed by atoms with E-state index in [1.165, 1.54) is 26.0 Å². The fourth-order valence-corrected chi connectivity index (χ4v) is 6.73. The average molecular weight is 513 g/mol. The Balaban J connectivity index is 2.06. The lowest BCUT2D eigenvalue weighted by Gasteiger charge is -2.63. The van der Waals surface area contributed by atoms with Gasteiger partial charge in [-0.25, -0.2) is 4.79 Å². The van der Waals surface area contributed by atoms with E-state index in [0.29, 0.717) is 5.57 Å². The molecule has 1 aliphatic carbocycles. The van der Waals surface area contributed by atoms with Gasteiger partial charge in [0.15, 0.2) is 23.1 Å². The van der Waals surface area contributed by atoms with E-state index in [0.717, 1.165) is 6.92 Å². The molecule has 192 valence electrons. The summed E-state index contributed by atoms with van der Waals surface area (Å²) in [5.74, 6) is -5.30. The van der Waals surface area contributed by atoms with Crippen LogP contribution >= 0.6 is 11.6 Å². The Labute approximate surface area is 207 Å². The first-order chi connectivity index (χ1) is 16.2. The summed E-state index contributed by atoms with van der Waals surface area (Å²) in [6.45, 7) is 8.69. The highest BCUT2D eigenvalue weighted by atomic mass is 35.5. The first-order valence-electron chi connectivity index (χ1n) is 11.4. The zero-order chi connectivity index (χ0) is 26.1. The summed E-state index contributed by atoms with van der Waals surface area (Å²) in [7, 11) is 0. The lowest BCUT2D eigenvalue weighted by atomic mass is 9.52. The van der Waals surface area contributed by atoms with Crippen molar-refractivity contribution in [1.29, 1.82) is 0 Å². The number of hydrogen-bond donors (Lipinski definition) is 2. The van der Waals surface area contributed by atoms with Gasteiger partial charge in [0, 0.05) is 12.3 Å². The zero-order valence-corrected chi connectivity index (χ0v) is 20.6. The number of alkyl halides is 1. The van der Waals surface area contributed by atoms with Crippen LogP contribution in [-0.2, 0) is 38.1 Å². The molecule has 10 atom stereocenters. The second-order valence-corrected chi connectivity index (χ2v) is 10.6. The number of ketones is 1. The van der Waals surface area contributed by atoms with Gasteiger partial charge in [-0.1, -0.05) is 25.2 Å². The minimum absolute atomic E-state index is 0.00676. The smallest absolute Gasteiger partial charge is 0.332 e. The average Bonchev–Trinajstić information content (AvgIpc) is 3.02. The van der Waals surface area contributed by atoms with Crippen LogP contribution in [0, 0.1) is 17.3 Å². The van der Waals surface area contributed by atoms with Crippen LogP contribution in [0.2, 0.25) is 0 Å². The lowest BCUT2D eigenvalue weighted by Crippen LogP contribution is -2.77. The van der Waals surface area contributed by atoms with Crippen LogP contribution in [0.25, 0.3) is 0 Å². The molecular weight excluding hydrogens is 484 g/mol. The Kier molecular flexibility index (Phi) is 6.19. The molecule has 1 spiro atoms.